The quantitative estimate of drug-likeness (QED) is 0.735. The zero-order valence-electron chi connectivity index (χ0n) is 11.2. The van der Waals surface area contributed by atoms with Gasteiger partial charge in [0.25, 0.3) is 0 Å². The largest absolute Gasteiger partial charge is 0.192 e. The Hall–Kier alpha value is -2.07. The van der Waals surface area contributed by atoms with Crippen LogP contribution in [-0.4, -0.2) is 0 Å². The molecule has 3 rings (SSSR count). The van der Waals surface area contributed by atoms with Crippen LogP contribution in [0, 0.1) is 17.2 Å². The van der Waals surface area contributed by atoms with Crippen LogP contribution in [0.3, 0.4) is 0 Å². The molecular weight excluding hydrogens is 230 g/mol. The number of hydrogen-bond donors (Lipinski definition) is 0. The second-order valence-electron chi connectivity index (χ2n) is 5.52. The van der Waals surface area contributed by atoms with Crippen LogP contribution in [0.15, 0.2) is 42.5 Å². The van der Waals surface area contributed by atoms with Crippen molar-refractivity contribution in [1.82, 2.24) is 0 Å². The first-order valence-corrected chi connectivity index (χ1v) is 6.88. The molecule has 0 amide bonds. The highest BCUT2D eigenvalue weighted by Gasteiger charge is 2.15. The van der Waals surface area contributed by atoms with E-state index in [1.165, 1.54) is 41.5 Å². The number of hydrogen-bond acceptors (Lipinski definition) is 1. The lowest BCUT2D eigenvalue weighted by molar-refractivity contribution is 0.501. The summed E-state index contributed by atoms with van der Waals surface area (Å²) in [7, 11) is 0. The smallest absolute Gasteiger partial charge is 0.0991 e. The highest BCUT2D eigenvalue weighted by molar-refractivity contribution is 5.66. The second-order valence-corrected chi connectivity index (χ2v) is 5.52. The van der Waals surface area contributed by atoms with Crippen molar-refractivity contribution in [2.45, 2.75) is 26.2 Å². The first kappa shape index (κ1) is 12.0. The van der Waals surface area contributed by atoms with E-state index >= 15 is 0 Å². The topological polar surface area (TPSA) is 23.8 Å². The van der Waals surface area contributed by atoms with Crippen molar-refractivity contribution in [2.24, 2.45) is 5.92 Å². The zero-order valence-corrected chi connectivity index (χ0v) is 11.2. The van der Waals surface area contributed by atoms with Crippen molar-refractivity contribution < 1.29 is 0 Å². The molecule has 0 bridgehead atoms. The fourth-order valence-electron chi connectivity index (χ4n) is 2.85. The number of rotatable bonds is 1. The maximum absolute atomic E-state index is 8.83. The molecule has 2 aromatic rings. The summed E-state index contributed by atoms with van der Waals surface area (Å²) in [6.07, 6.45) is 3.70. The van der Waals surface area contributed by atoms with Gasteiger partial charge in [-0.3, -0.25) is 0 Å². The number of nitriles is 1. The predicted molar refractivity (Wildman–Crippen MR) is 77.8 cm³/mol. The SMILES string of the molecule is CC1CCc2cc(-c3ccc(C#N)cc3)ccc2C1. The lowest BCUT2D eigenvalue weighted by Crippen LogP contribution is -2.11. The van der Waals surface area contributed by atoms with Gasteiger partial charge in [0.15, 0.2) is 0 Å². The fourth-order valence-corrected chi connectivity index (χ4v) is 2.85. The summed E-state index contributed by atoms with van der Waals surface area (Å²) in [4.78, 5) is 0. The molecule has 0 saturated heterocycles. The first-order valence-electron chi connectivity index (χ1n) is 6.88. The van der Waals surface area contributed by atoms with Gasteiger partial charge in [0.05, 0.1) is 11.6 Å². The molecule has 1 atom stereocenters. The zero-order chi connectivity index (χ0) is 13.2. The molecular formula is C18H17N. The summed E-state index contributed by atoms with van der Waals surface area (Å²) in [5.74, 6) is 0.813. The van der Waals surface area contributed by atoms with E-state index in [9.17, 15) is 0 Å². The van der Waals surface area contributed by atoms with E-state index in [1.807, 2.05) is 24.3 Å². The molecule has 0 radical (unpaired) electrons. The summed E-state index contributed by atoms with van der Waals surface area (Å²) in [6, 6.07) is 16.8. The molecule has 0 spiro atoms. The van der Waals surface area contributed by atoms with Gasteiger partial charge in [-0.15, -0.1) is 0 Å². The van der Waals surface area contributed by atoms with Gasteiger partial charge in [-0.25, -0.2) is 0 Å². The molecule has 0 fully saturated rings. The van der Waals surface area contributed by atoms with Crippen LogP contribution >= 0.6 is 0 Å². The Balaban J connectivity index is 1.95. The van der Waals surface area contributed by atoms with Gasteiger partial charge in [0.2, 0.25) is 0 Å². The van der Waals surface area contributed by atoms with Crippen LogP contribution in [0.4, 0.5) is 0 Å². The molecule has 1 unspecified atom stereocenters. The van der Waals surface area contributed by atoms with Crippen LogP contribution in [-0.2, 0) is 12.8 Å². The monoisotopic (exact) mass is 247 g/mol. The van der Waals surface area contributed by atoms with E-state index in [4.69, 9.17) is 5.26 Å². The number of nitrogens with zero attached hydrogens (tertiary/aromatic N) is 1. The molecule has 94 valence electrons. The van der Waals surface area contributed by atoms with Crippen molar-refractivity contribution in [2.75, 3.05) is 0 Å². The van der Waals surface area contributed by atoms with Crippen molar-refractivity contribution in [1.29, 1.82) is 5.26 Å². The minimum atomic E-state index is 0.718. The third-order valence-corrected chi connectivity index (χ3v) is 4.03. The molecule has 0 heterocycles. The normalized spacial score (nSPS) is 17.6. The lowest BCUT2D eigenvalue weighted by Gasteiger charge is -2.22. The van der Waals surface area contributed by atoms with E-state index in [0.717, 1.165) is 11.5 Å². The molecule has 0 N–H and O–H groups in total. The lowest BCUT2D eigenvalue weighted by atomic mass is 9.83. The van der Waals surface area contributed by atoms with Crippen molar-refractivity contribution >= 4 is 0 Å². The molecule has 0 saturated carbocycles. The van der Waals surface area contributed by atoms with E-state index in [0.29, 0.717) is 0 Å². The van der Waals surface area contributed by atoms with E-state index in [2.05, 4.69) is 31.2 Å². The molecule has 2 aromatic carbocycles. The average Bonchev–Trinajstić information content (AvgIpc) is 2.47. The maximum atomic E-state index is 8.83. The van der Waals surface area contributed by atoms with Crippen LogP contribution < -0.4 is 0 Å². The average molecular weight is 247 g/mol. The Morgan fingerprint density at radius 1 is 1.00 bits per heavy atom. The number of benzene rings is 2. The molecule has 1 heteroatoms. The van der Waals surface area contributed by atoms with Crippen LogP contribution in [0.2, 0.25) is 0 Å². The van der Waals surface area contributed by atoms with Gasteiger partial charge < -0.3 is 0 Å². The Kier molecular flexibility index (Phi) is 3.09. The van der Waals surface area contributed by atoms with Gasteiger partial charge in [0.1, 0.15) is 0 Å². The Labute approximate surface area is 114 Å². The van der Waals surface area contributed by atoms with E-state index in [1.54, 1.807) is 0 Å². The number of aryl methyl sites for hydroxylation is 1. The van der Waals surface area contributed by atoms with Crippen molar-refractivity contribution in [3.05, 3.63) is 59.2 Å². The van der Waals surface area contributed by atoms with Gasteiger partial charge in [0, 0.05) is 0 Å². The van der Waals surface area contributed by atoms with Crippen molar-refractivity contribution in [3.8, 4) is 17.2 Å². The standard InChI is InChI=1S/C18H17N/c1-13-2-5-18-11-17(9-8-16(18)10-13)15-6-3-14(12-19)4-7-15/h3-4,6-9,11,13H,2,5,10H2,1H3. The summed E-state index contributed by atoms with van der Waals surface area (Å²) < 4.78 is 0. The van der Waals surface area contributed by atoms with Crippen LogP contribution in [0.1, 0.15) is 30.0 Å². The summed E-state index contributed by atoms with van der Waals surface area (Å²) in [5, 5.41) is 8.83. The van der Waals surface area contributed by atoms with E-state index < -0.39 is 0 Å². The fraction of sp³-hybridized carbons (Fsp3) is 0.278. The van der Waals surface area contributed by atoms with Gasteiger partial charge >= 0.3 is 0 Å². The van der Waals surface area contributed by atoms with Gasteiger partial charge in [-0.05, 0) is 59.6 Å². The molecule has 19 heavy (non-hydrogen) atoms. The van der Waals surface area contributed by atoms with E-state index in [-0.39, 0.29) is 0 Å². The maximum Gasteiger partial charge on any atom is 0.0991 e. The molecule has 0 aromatic heterocycles. The predicted octanol–water partition coefficient (Wildman–Crippen LogP) is 4.35. The Morgan fingerprint density at radius 2 is 1.74 bits per heavy atom. The minimum Gasteiger partial charge on any atom is -0.192 e. The van der Waals surface area contributed by atoms with Gasteiger partial charge in [-0.2, -0.15) is 5.26 Å². The molecule has 0 aliphatic heterocycles. The number of fused-ring (bicyclic) bond motifs is 1. The first-order chi connectivity index (χ1) is 9.26. The molecule has 1 nitrogen and oxygen atoms in total. The van der Waals surface area contributed by atoms with Crippen molar-refractivity contribution in [3.63, 3.8) is 0 Å². The molecule has 1 aliphatic carbocycles. The second kappa shape index (κ2) is 4.90. The summed E-state index contributed by atoms with van der Waals surface area (Å²) in [5.41, 5.74) is 6.19. The summed E-state index contributed by atoms with van der Waals surface area (Å²) >= 11 is 0. The highest BCUT2D eigenvalue weighted by atomic mass is 14.2. The Morgan fingerprint density at radius 3 is 2.47 bits per heavy atom. The minimum absolute atomic E-state index is 0.718. The summed E-state index contributed by atoms with van der Waals surface area (Å²) in [6.45, 7) is 2.33. The van der Waals surface area contributed by atoms with Gasteiger partial charge in [-0.1, -0.05) is 37.3 Å². The molecule has 1 aliphatic rings. The third-order valence-electron chi connectivity index (χ3n) is 4.03. The van der Waals surface area contributed by atoms with Crippen LogP contribution in [0.5, 0.6) is 0 Å². The van der Waals surface area contributed by atoms with Crippen LogP contribution in [0.25, 0.3) is 11.1 Å². The third kappa shape index (κ3) is 2.39. The highest BCUT2D eigenvalue weighted by Crippen LogP contribution is 2.29. The Bertz CT molecular complexity index is 632.